The minimum atomic E-state index is 0.112. The smallest absolute Gasteiger partial charge is 0.267 e. The molecule has 2 atom stereocenters. The highest BCUT2D eigenvalue weighted by Gasteiger charge is 2.39. The Morgan fingerprint density at radius 3 is 2.86 bits per heavy atom. The minimum Gasteiger partial charge on any atom is -0.495 e. The van der Waals surface area contributed by atoms with E-state index in [4.69, 9.17) is 9.47 Å². The van der Waals surface area contributed by atoms with Gasteiger partial charge in [-0.15, -0.1) is 11.3 Å². The first-order valence-corrected chi connectivity index (χ1v) is 8.85. The van der Waals surface area contributed by atoms with Crippen LogP contribution in [0.15, 0.2) is 11.4 Å². The molecule has 1 amide bonds. The Bertz CT molecular complexity index is 513. The highest BCUT2D eigenvalue weighted by Crippen LogP contribution is 2.31. The van der Waals surface area contributed by atoms with Gasteiger partial charge >= 0.3 is 0 Å². The molecule has 5 nitrogen and oxygen atoms in total. The Morgan fingerprint density at radius 1 is 1.41 bits per heavy atom. The molecule has 0 bridgehead atoms. The van der Waals surface area contributed by atoms with E-state index in [9.17, 15) is 4.79 Å². The van der Waals surface area contributed by atoms with Crippen molar-refractivity contribution in [3.8, 4) is 5.75 Å². The predicted molar refractivity (Wildman–Crippen MR) is 86.7 cm³/mol. The van der Waals surface area contributed by atoms with Crippen LogP contribution in [0.25, 0.3) is 0 Å². The third-order valence-corrected chi connectivity index (χ3v) is 5.66. The number of ether oxygens (including phenoxy) is 2. The van der Waals surface area contributed by atoms with Gasteiger partial charge in [0.15, 0.2) is 0 Å². The number of hydrogen-bond donors (Lipinski definition) is 0. The lowest BCUT2D eigenvalue weighted by Gasteiger charge is -2.34. The number of thiophene rings is 1. The number of rotatable bonds is 4. The Labute approximate surface area is 135 Å². The molecular formula is C16H24N2O3S. The van der Waals surface area contributed by atoms with E-state index in [1.54, 1.807) is 7.11 Å². The van der Waals surface area contributed by atoms with Crippen LogP contribution >= 0.6 is 11.3 Å². The van der Waals surface area contributed by atoms with E-state index in [-0.39, 0.29) is 5.91 Å². The zero-order chi connectivity index (χ0) is 15.5. The molecular weight excluding hydrogens is 300 g/mol. The monoisotopic (exact) mass is 324 g/mol. The van der Waals surface area contributed by atoms with Gasteiger partial charge in [-0.1, -0.05) is 13.3 Å². The van der Waals surface area contributed by atoms with Gasteiger partial charge in [-0.3, -0.25) is 9.69 Å². The van der Waals surface area contributed by atoms with Gasteiger partial charge in [0.25, 0.3) is 5.91 Å². The molecule has 1 aromatic heterocycles. The van der Waals surface area contributed by atoms with E-state index in [2.05, 4.69) is 11.8 Å². The number of likely N-dealkylation sites (tertiary alicyclic amines) is 1. The topological polar surface area (TPSA) is 42.0 Å². The lowest BCUT2D eigenvalue weighted by atomic mass is 9.99. The van der Waals surface area contributed by atoms with Crippen LogP contribution in [0.2, 0.25) is 0 Å². The van der Waals surface area contributed by atoms with Crippen molar-refractivity contribution in [2.75, 3.05) is 46.5 Å². The van der Waals surface area contributed by atoms with Gasteiger partial charge in [-0.25, -0.2) is 0 Å². The fraction of sp³-hybridized carbons (Fsp3) is 0.688. The van der Waals surface area contributed by atoms with E-state index in [1.165, 1.54) is 11.3 Å². The third-order valence-electron chi connectivity index (χ3n) is 4.78. The van der Waals surface area contributed by atoms with Crippen molar-refractivity contribution < 1.29 is 14.3 Å². The fourth-order valence-corrected chi connectivity index (χ4v) is 4.33. The third kappa shape index (κ3) is 3.00. The van der Waals surface area contributed by atoms with E-state index in [1.807, 2.05) is 16.3 Å². The summed E-state index contributed by atoms with van der Waals surface area (Å²) in [6.45, 7) is 7.45. The molecule has 0 radical (unpaired) electrons. The number of morpholine rings is 1. The zero-order valence-electron chi connectivity index (χ0n) is 13.3. The molecule has 122 valence electrons. The van der Waals surface area contributed by atoms with Crippen molar-refractivity contribution in [2.24, 2.45) is 5.92 Å². The van der Waals surface area contributed by atoms with Crippen LogP contribution in [0.4, 0.5) is 0 Å². The number of carbonyl (C=O) groups is 1. The van der Waals surface area contributed by atoms with Gasteiger partial charge in [-0.2, -0.15) is 0 Å². The molecule has 0 N–H and O–H groups in total. The highest BCUT2D eigenvalue weighted by molar-refractivity contribution is 7.12. The van der Waals surface area contributed by atoms with Crippen molar-refractivity contribution in [3.63, 3.8) is 0 Å². The molecule has 3 rings (SSSR count). The van der Waals surface area contributed by atoms with Crippen molar-refractivity contribution >= 4 is 17.2 Å². The molecule has 3 heterocycles. The maximum absolute atomic E-state index is 12.8. The van der Waals surface area contributed by atoms with Gasteiger partial charge in [0, 0.05) is 32.2 Å². The summed E-state index contributed by atoms with van der Waals surface area (Å²) in [6.07, 6.45) is 1.10. The van der Waals surface area contributed by atoms with E-state index in [0.717, 1.165) is 50.7 Å². The van der Waals surface area contributed by atoms with Gasteiger partial charge in [-0.05, 0) is 17.4 Å². The summed E-state index contributed by atoms with van der Waals surface area (Å²) in [6, 6.07) is 2.33. The lowest BCUT2D eigenvalue weighted by Crippen LogP contribution is -2.47. The summed E-state index contributed by atoms with van der Waals surface area (Å²) in [5, 5.41) is 1.92. The molecule has 0 aromatic carbocycles. The number of hydrogen-bond acceptors (Lipinski definition) is 5. The molecule has 6 heteroatoms. The van der Waals surface area contributed by atoms with Crippen molar-refractivity contribution in [3.05, 3.63) is 16.3 Å². The molecule has 0 aliphatic carbocycles. The summed E-state index contributed by atoms with van der Waals surface area (Å²) < 4.78 is 10.8. The fourth-order valence-electron chi connectivity index (χ4n) is 3.50. The number of carbonyl (C=O) groups excluding carboxylic acids is 1. The summed E-state index contributed by atoms with van der Waals surface area (Å²) in [5.74, 6) is 1.35. The molecule has 2 unspecified atom stereocenters. The quantitative estimate of drug-likeness (QED) is 0.849. The first-order chi connectivity index (χ1) is 10.7. The zero-order valence-corrected chi connectivity index (χ0v) is 14.1. The summed E-state index contributed by atoms with van der Waals surface area (Å²) in [5.41, 5.74) is 0. The average Bonchev–Trinajstić information content (AvgIpc) is 3.21. The largest absolute Gasteiger partial charge is 0.495 e. The lowest BCUT2D eigenvalue weighted by molar-refractivity contribution is 0.0103. The second kappa shape index (κ2) is 6.98. The maximum atomic E-state index is 12.8. The molecule has 2 aliphatic heterocycles. The average molecular weight is 324 g/mol. The maximum Gasteiger partial charge on any atom is 0.267 e. The van der Waals surface area contributed by atoms with E-state index in [0.29, 0.717) is 17.7 Å². The van der Waals surface area contributed by atoms with Crippen LogP contribution in [0, 0.1) is 5.92 Å². The molecule has 2 aliphatic rings. The molecule has 2 saturated heterocycles. The van der Waals surface area contributed by atoms with E-state index < -0.39 is 0 Å². The van der Waals surface area contributed by atoms with Crippen molar-refractivity contribution in [2.45, 2.75) is 19.4 Å². The highest BCUT2D eigenvalue weighted by atomic mass is 32.1. The van der Waals surface area contributed by atoms with Crippen LogP contribution in [-0.4, -0.2) is 68.3 Å². The van der Waals surface area contributed by atoms with Crippen LogP contribution in [0.3, 0.4) is 0 Å². The van der Waals surface area contributed by atoms with Gasteiger partial charge in [0.2, 0.25) is 0 Å². The molecule has 0 saturated carbocycles. The van der Waals surface area contributed by atoms with Crippen LogP contribution in [-0.2, 0) is 4.74 Å². The van der Waals surface area contributed by atoms with E-state index >= 15 is 0 Å². The van der Waals surface area contributed by atoms with Crippen LogP contribution < -0.4 is 4.74 Å². The molecule has 2 fully saturated rings. The Kier molecular flexibility index (Phi) is 5.00. The Morgan fingerprint density at radius 2 is 2.18 bits per heavy atom. The normalized spacial score (nSPS) is 26.4. The SMILES string of the molecule is CCC1CN(C(=O)c2sccc2OC)CC1N1CCOCC1. The summed E-state index contributed by atoms with van der Waals surface area (Å²) in [7, 11) is 1.62. The predicted octanol–water partition coefficient (Wildman–Crippen LogP) is 1.94. The number of amides is 1. The Balaban J connectivity index is 1.72. The van der Waals surface area contributed by atoms with Gasteiger partial charge in [0.1, 0.15) is 10.6 Å². The van der Waals surface area contributed by atoms with Crippen LogP contribution in [0.5, 0.6) is 5.75 Å². The standard InChI is InChI=1S/C16H24N2O3S/c1-3-12-10-18(11-13(12)17-5-7-21-8-6-17)16(19)15-14(20-2)4-9-22-15/h4,9,12-13H,3,5-8,10-11H2,1-2H3. The molecule has 1 aromatic rings. The van der Waals surface area contributed by atoms with Crippen LogP contribution in [0.1, 0.15) is 23.0 Å². The van der Waals surface area contributed by atoms with Crippen molar-refractivity contribution in [1.82, 2.24) is 9.80 Å². The molecule has 22 heavy (non-hydrogen) atoms. The second-order valence-corrected chi connectivity index (χ2v) is 6.83. The van der Waals surface area contributed by atoms with Crippen molar-refractivity contribution in [1.29, 1.82) is 0 Å². The second-order valence-electron chi connectivity index (χ2n) is 5.91. The first-order valence-electron chi connectivity index (χ1n) is 7.97. The van der Waals surface area contributed by atoms with Gasteiger partial charge < -0.3 is 14.4 Å². The number of nitrogens with zero attached hydrogens (tertiary/aromatic N) is 2. The first kappa shape index (κ1) is 15.8. The minimum absolute atomic E-state index is 0.112. The summed E-state index contributed by atoms with van der Waals surface area (Å²) in [4.78, 5) is 18.0. The number of methoxy groups -OCH3 is 1. The molecule has 0 spiro atoms. The summed E-state index contributed by atoms with van der Waals surface area (Å²) >= 11 is 1.46. The Hall–Kier alpha value is -1.11. The van der Waals surface area contributed by atoms with Gasteiger partial charge in [0.05, 0.1) is 20.3 Å².